The topological polar surface area (TPSA) is 94.0 Å². The van der Waals surface area contributed by atoms with Gasteiger partial charge in [0.05, 0.1) is 39.9 Å². The minimum Gasteiger partial charge on any atom is -0.346 e. The molecular formula is C21H24N4O3S. The highest BCUT2D eigenvalue weighted by atomic mass is 32.2. The van der Waals surface area contributed by atoms with E-state index in [4.69, 9.17) is 4.98 Å². The number of rotatable bonds is 4. The summed E-state index contributed by atoms with van der Waals surface area (Å²) in [5.41, 5.74) is 1.89. The van der Waals surface area contributed by atoms with E-state index in [1.807, 2.05) is 44.2 Å². The van der Waals surface area contributed by atoms with E-state index in [0.717, 1.165) is 5.56 Å². The van der Waals surface area contributed by atoms with Crippen molar-refractivity contribution in [3.63, 3.8) is 0 Å². The highest BCUT2D eigenvalue weighted by molar-refractivity contribution is 7.91. The molecule has 1 aliphatic heterocycles. The summed E-state index contributed by atoms with van der Waals surface area (Å²) < 4.78 is 25.6. The Bertz CT molecular complexity index is 1190. The van der Waals surface area contributed by atoms with E-state index >= 15 is 0 Å². The van der Waals surface area contributed by atoms with Crippen LogP contribution < -0.4 is 5.32 Å². The van der Waals surface area contributed by atoms with Crippen LogP contribution in [-0.2, 0) is 9.84 Å². The Kier molecular flexibility index (Phi) is 4.69. The number of nitrogens with one attached hydrogen (secondary N) is 1. The Hall–Kier alpha value is -2.74. The van der Waals surface area contributed by atoms with Gasteiger partial charge in [0.25, 0.3) is 5.91 Å². The molecule has 0 unspecified atom stereocenters. The summed E-state index contributed by atoms with van der Waals surface area (Å²) in [6.45, 7) is 5.80. The van der Waals surface area contributed by atoms with Gasteiger partial charge in [-0.3, -0.25) is 4.79 Å². The molecule has 0 saturated carbocycles. The lowest BCUT2D eigenvalue weighted by molar-refractivity contribution is 0.0917. The number of fused-ring (bicyclic) bond motifs is 1. The third-order valence-electron chi connectivity index (χ3n) is 5.29. The number of pyridine rings is 1. The number of nitrogens with zero attached hydrogens (tertiary/aromatic N) is 3. The molecule has 1 aromatic carbocycles. The smallest absolute Gasteiger partial charge is 0.252 e. The fourth-order valence-corrected chi connectivity index (χ4v) is 5.88. The molecule has 152 valence electrons. The maximum absolute atomic E-state index is 13.2. The number of hydrogen-bond acceptors (Lipinski definition) is 5. The summed E-state index contributed by atoms with van der Waals surface area (Å²) in [6.07, 6.45) is 2.06. The van der Waals surface area contributed by atoms with Crippen molar-refractivity contribution in [3.05, 3.63) is 48.2 Å². The normalized spacial score (nSPS) is 21.0. The van der Waals surface area contributed by atoms with Gasteiger partial charge in [-0.05, 0) is 33.3 Å². The summed E-state index contributed by atoms with van der Waals surface area (Å²) in [7, 11) is -3.13. The lowest BCUT2D eigenvalue weighted by Crippen LogP contribution is -2.47. The van der Waals surface area contributed by atoms with E-state index in [1.54, 1.807) is 23.9 Å². The Morgan fingerprint density at radius 3 is 2.59 bits per heavy atom. The Morgan fingerprint density at radius 1 is 1.24 bits per heavy atom. The summed E-state index contributed by atoms with van der Waals surface area (Å²) in [4.78, 5) is 18.0. The number of carbonyl (C=O) groups excluding carboxylic acids is 1. The van der Waals surface area contributed by atoms with Crippen molar-refractivity contribution < 1.29 is 13.2 Å². The van der Waals surface area contributed by atoms with Crippen LogP contribution in [0.15, 0.2) is 42.6 Å². The zero-order valence-electron chi connectivity index (χ0n) is 16.7. The van der Waals surface area contributed by atoms with Crippen molar-refractivity contribution >= 4 is 26.8 Å². The van der Waals surface area contributed by atoms with Crippen molar-refractivity contribution in [3.8, 4) is 11.3 Å². The van der Waals surface area contributed by atoms with Crippen LogP contribution >= 0.6 is 0 Å². The second-order valence-electron chi connectivity index (χ2n) is 8.20. The van der Waals surface area contributed by atoms with Gasteiger partial charge in [-0.25, -0.2) is 18.1 Å². The fraction of sp³-hybridized carbons (Fsp3) is 0.381. The third kappa shape index (κ3) is 3.76. The van der Waals surface area contributed by atoms with Gasteiger partial charge < -0.3 is 5.32 Å². The minimum absolute atomic E-state index is 0.0449. The summed E-state index contributed by atoms with van der Waals surface area (Å²) in [6, 6.07) is 11.5. The van der Waals surface area contributed by atoms with Crippen molar-refractivity contribution in [2.75, 3.05) is 11.5 Å². The van der Waals surface area contributed by atoms with Gasteiger partial charge in [-0.15, -0.1) is 0 Å². The average molecular weight is 413 g/mol. The molecule has 1 fully saturated rings. The molecule has 1 saturated heterocycles. The zero-order valence-corrected chi connectivity index (χ0v) is 17.5. The molecule has 0 radical (unpaired) electrons. The first-order valence-corrected chi connectivity index (χ1v) is 11.5. The SMILES string of the molecule is CC(C)n1ncc2c(C(=O)N[C@@]3(C)CCS(=O)(=O)C3)cc(-c3ccccc3)nc21. The molecule has 0 spiro atoms. The molecule has 3 heterocycles. The predicted molar refractivity (Wildman–Crippen MR) is 112 cm³/mol. The van der Waals surface area contributed by atoms with E-state index in [0.29, 0.717) is 28.7 Å². The molecule has 8 heteroatoms. The first kappa shape index (κ1) is 19.6. The molecule has 3 aromatic rings. The maximum atomic E-state index is 13.2. The second kappa shape index (κ2) is 6.95. The highest BCUT2D eigenvalue weighted by Crippen LogP contribution is 2.28. The fourth-order valence-electron chi connectivity index (χ4n) is 3.79. The van der Waals surface area contributed by atoms with Crippen LogP contribution in [0.25, 0.3) is 22.3 Å². The van der Waals surface area contributed by atoms with Crippen molar-refractivity contribution in [2.45, 2.75) is 38.8 Å². The maximum Gasteiger partial charge on any atom is 0.252 e. The molecule has 29 heavy (non-hydrogen) atoms. The minimum atomic E-state index is -3.13. The molecule has 7 nitrogen and oxygen atoms in total. The van der Waals surface area contributed by atoms with Gasteiger partial charge >= 0.3 is 0 Å². The molecule has 2 aromatic heterocycles. The largest absolute Gasteiger partial charge is 0.346 e. The van der Waals surface area contributed by atoms with Crippen molar-refractivity contribution in [1.82, 2.24) is 20.1 Å². The van der Waals surface area contributed by atoms with E-state index in [9.17, 15) is 13.2 Å². The van der Waals surface area contributed by atoms with Crippen LogP contribution in [0.2, 0.25) is 0 Å². The number of carbonyl (C=O) groups is 1. The second-order valence-corrected chi connectivity index (χ2v) is 10.4. The van der Waals surface area contributed by atoms with E-state index in [1.165, 1.54) is 0 Å². The lowest BCUT2D eigenvalue weighted by Gasteiger charge is -2.24. The Balaban J connectivity index is 1.81. The van der Waals surface area contributed by atoms with Crippen LogP contribution in [0, 0.1) is 0 Å². The number of aromatic nitrogens is 3. The monoisotopic (exact) mass is 412 g/mol. The molecule has 1 atom stereocenters. The van der Waals surface area contributed by atoms with Gasteiger partial charge in [0.15, 0.2) is 15.5 Å². The summed E-state index contributed by atoms with van der Waals surface area (Å²) in [5.74, 6) is -0.259. The first-order valence-electron chi connectivity index (χ1n) is 9.64. The highest BCUT2D eigenvalue weighted by Gasteiger charge is 2.40. The van der Waals surface area contributed by atoms with Gasteiger partial charge in [-0.1, -0.05) is 30.3 Å². The number of sulfone groups is 1. The third-order valence-corrected chi connectivity index (χ3v) is 7.19. The number of benzene rings is 1. The first-order chi connectivity index (χ1) is 13.7. The Labute approximate surface area is 170 Å². The van der Waals surface area contributed by atoms with E-state index in [-0.39, 0.29) is 23.5 Å². The van der Waals surface area contributed by atoms with Gasteiger partial charge in [0, 0.05) is 11.6 Å². The molecule has 1 amide bonds. The van der Waals surface area contributed by atoms with E-state index in [2.05, 4.69) is 10.4 Å². The molecule has 0 bridgehead atoms. The Morgan fingerprint density at radius 2 is 1.97 bits per heavy atom. The van der Waals surface area contributed by atoms with Crippen LogP contribution in [0.5, 0.6) is 0 Å². The molecule has 0 aliphatic carbocycles. The zero-order chi connectivity index (χ0) is 20.8. The number of hydrogen-bond donors (Lipinski definition) is 1. The molecule has 4 rings (SSSR count). The molecular weight excluding hydrogens is 388 g/mol. The lowest BCUT2D eigenvalue weighted by atomic mass is 10.00. The van der Waals surface area contributed by atoms with Crippen LogP contribution in [0.4, 0.5) is 0 Å². The van der Waals surface area contributed by atoms with Crippen molar-refractivity contribution in [2.24, 2.45) is 0 Å². The summed E-state index contributed by atoms with van der Waals surface area (Å²) in [5, 5.41) is 8.03. The van der Waals surface area contributed by atoms with Crippen molar-refractivity contribution in [1.29, 1.82) is 0 Å². The van der Waals surface area contributed by atoms with Gasteiger partial charge in [-0.2, -0.15) is 5.10 Å². The number of amides is 1. The molecule has 1 N–H and O–H groups in total. The van der Waals surface area contributed by atoms with Crippen LogP contribution in [0.1, 0.15) is 43.6 Å². The van der Waals surface area contributed by atoms with Crippen LogP contribution in [0.3, 0.4) is 0 Å². The standard InChI is InChI=1S/C21H24N4O3S/c1-14(2)25-19-17(12-22-25)16(11-18(23-19)15-7-5-4-6-8-15)20(26)24-21(3)9-10-29(27,28)13-21/h4-8,11-12,14H,9-10,13H2,1-3H3,(H,24,26)/t21-/m0/s1. The quantitative estimate of drug-likeness (QED) is 0.711. The average Bonchev–Trinajstić information content (AvgIpc) is 3.21. The van der Waals surface area contributed by atoms with E-state index < -0.39 is 15.4 Å². The van der Waals surface area contributed by atoms with Crippen LogP contribution in [-0.4, -0.2) is 46.1 Å². The summed E-state index contributed by atoms with van der Waals surface area (Å²) >= 11 is 0. The predicted octanol–water partition coefficient (Wildman–Crippen LogP) is 2.99. The van der Waals surface area contributed by atoms with Gasteiger partial charge in [0.1, 0.15) is 0 Å². The van der Waals surface area contributed by atoms with Gasteiger partial charge in [0.2, 0.25) is 0 Å². The molecule has 1 aliphatic rings.